The van der Waals surface area contributed by atoms with Crippen LogP contribution in [0.1, 0.15) is 67.9 Å². The van der Waals surface area contributed by atoms with Gasteiger partial charge in [0.15, 0.2) is 0 Å². The molecule has 1 spiro atoms. The second-order valence-electron chi connectivity index (χ2n) is 6.75. The first-order valence-corrected chi connectivity index (χ1v) is 7.74. The molecule has 2 aliphatic carbocycles. The van der Waals surface area contributed by atoms with Crippen LogP contribution < -0.4 is 0 Å². The van der Waals surface area contributed by atoms with Gasteiger partial charge in [-0.3, -0.25) is 4.68 Å². The van der Waals surface area contributed by atoms with Gasteiger partial charge in [-0.05, 0) is 63.9 Å². The molecule has 1 N–H and O–H groups in total. The molecule has 3 heteroatoms. The Bertz CT molecular complexity index is 471. The van der Waals surface area contributed by atoms with Crippen molar-refractivity contribution in [1.29, 1.82) is 0 Å². The Kier molecular flexibility index (Phi) is 3.20. The third-order valence-corrected chi connectivity index (χ3v) is 5.76. The highest BCUT2D eigenvalue weighted by Gasteiger charge is 2.46. The van der Waals surface area contributed by atoms with Gasteiger partial charge < -0.3 is 5.11 Å². The van der Waals surface area contributed by atoms with Gasteiger partial charge in [0, 0.05) is 5.69 Å². The fourth-order valence-corrected chi connectivity index (χ4v) is 4.32. The zero-order chi connectivity index (χ0) is 13.6. The number of aliphatic hydroxyl groups excluding tert-OH is 1. The lowest BCUT2D eigenvalue weighted by molar-refractivity contribution is 0.0115. The van der Waals surface area contributed by atoms with Gasteiger partial charge in [-0.2, -0.15) is 5.10 Å². The first kappa shape index (κ1) is 13.2. The van der Waals surface area contributed by atoms with E-state index in [-0.39, 0.29) is 6.10 Å². The fraction of sp³-hybridized carbons (Fsp3) is 0.812. The summed E-state index contributed by atoms with van der Waals surface area (Å²) in [6.45, 7) is 6.44. The summed E-state index contributed by atoms with van der Waals surface area (Å²) in [5.41, 5.74) is 4.16. The van der Waals surface area contributed by atoms with Crippen LogP contribution >= 0.6 is 0 Å². The molecule has 1 aromatic heterocycles. The van der Waals surface area contributed by atoms with Gasteiger partial charge in [0.1, 0.15) is 0 Å². The van der Waals surface area contributed by atoms with E-state index in [1.807, 2.05) is 0 Å². The minimum atomic E-state index is -0.138. The molecule has 1 heterocycles. The van der Waals surface area contributed by atoms with E-state index in [1.54, 1.807) is 0 Å². The van der Waals surface area contributed by atoms with Gasteiger partial charge in [-0.15, -0.1) is 0 Å². The zero-order valence-electron chi connectivity index (χ0n) is 12.4. The van der Waals surface area contributed by atoms with Gasteiger partial charge in [0.05, 0.1) is 17.8 Å². The summed E-state index contributed by atoms with van der Waals surface area (Å²) < 4.78 is 2.25. The van der Waals surface area contributed by atoms with Gasteiger partial charge >= 0.3 is 0 Å². The highest BCUT2D eigenvalue weighted by Crippen LogP contribution is 2.54. The molecule has 2 saturated carbocycles. The molecule has 2 unspecified atom stereocenters. The number of aliphatic hydroxyl groups is 1. The van der Waals surface area contributed by atoms with Crippen molar-refractivity contribution in [3.63, 3.8) is 0 Å². The van der Waals surface area contributed by atoms with Crippen LogP contribution in [-0.2, 0) is 0 Å². The predicted octanol–water partition coefficient (Wildman–Crippen LogP) is 3.45. The van der Waals surface area contributed by atoms with Crippen LogP contribution in [0.4, 0.5) is 0 Å². The largest absolute Gasteiger partial charge is 0.393 e. The molecule has 0 aromatic carbocycles. The zero-order valence-corrected chi connectivity index (χ0v) is 12.4. The molecule has 3 rings (SSSR count). The average molecular weight is 262 g/mol. The van der Waals surface area contributed by atoms with E-state index in [0.29, 0.717) is 11.5 Å². The average Bonchev–Trinajstić information content (AvgIpc) is 2.95. The number of nitrogens with zero attached hydrogens (tertiary/aromatic N) is 2. The third kappa shape index (κ3) is 2.03. The maximum atomic E-state index is 10.1. The van der Waals surface area contributed by atoms with Gasteiger partial charge in [0.25, 0.3) is 0 Å². The van der Waals surface area contributed by atoms with Crippen LogP contribution in [0.25, 0.3) is 0 Å². The van der Waals surface area contributed by atoms with Gasteiger partial charge in [0.2, 0.25) is 0 Å². The number of rotatable bonds is 1. The van der Waals surface area contributed by atoms with Crippen LogP contribution in [0, 0.1) is 26.2 Å². The topological polar surface area (TPSA) is 38.0 Å². The smallest absolute Gasteiger partial charge is 0.0625 e. The monoisotopic (exact) mass is 262 g/mol. The molecule has 0 amide bonds. The summed E-state index contributed by atoms with van der Waals surface area (Å²) >= 11 is 0. The van der Waals surface area contributed by atoms with Gasteiger partial charge in [-0.25, -0.2) is 0 Å². The molecule has 106 valence electrons. The van der Waals surface area contributed by atoms with E-state index in [1.165, 1.54) is 43.4 Å². The van der Waals surface area contributed by atoms with Crippen molar-refractivity contribution < 1.29 is 5.11 Å². The lowest BCUT2D eigenvalue weighted by Crippen LogP contribution is -2.39. The van der Waals surface area contributed by atoms with Crippen molar-refractivity contribution in [2.75, 3.05) is 0 Å². The second-order valence-corrected chi connectivity index (χ2v) is 6.75. The number of aromatic nitrogens is 2. The number of aryl methyl sites for hydroxylation is 1. The summed E-state index contributed by atoms with van der Waals surface area (Å²) in [6, 6.07) is 0.408. The van der Waals surface area contributed by atoms with Gasteiger partial charge in [-0.1, -0.05) is 12.8 Å². The van der Waals surface area contributed by atoms with E-state index in [0.717, 1.165) is 18.5 Å². The first-order chi connectivity index (χ1) is 9.03. The second kappa shape index (κ2) is 4.62. The summed E-state index contributed by atoms with van der Waals surface area (Å²) in [7, 11) is 0. The van der Waals surface area contributed by atoms with E-state index in [9.17, 15) is 5.11 Å². The Morgan fingerprint density at radius 1 is 1.16 bits per heavy atom. The summed E-state index contributed by atoms with van der Waals surface area (Å²) in [5, 5.41) is 14.9. The molecule has 1 aromatic rings. The maximum Gasteiger partial charge on any atom is 0.0625 e. The van der Waals surface area contributed by atoms with E-state index >= 15 is 0 Å². The van der Waals surface area contributed by atoms with E-state index < -0.39 is 0 Å². The van der Waals surface area contributed by atoms with Crippen LogP contribution in [-0.4, -0.2) is 21.0 Å². The Balaban J connectivity index is 2.01. The highest BCUT2D eigenvalue weighted by molar-refractivity contribution is 5.23. The van der Waals surface area contributed by atoms with Crippen molar-refractivity contribution in [2.45, 2.75) is 77.9 Å². The van der Waals surface area contributed by atoms with Crippen LogP contribution in [0.3, 0.4) is 0 Å². The van der Waals surface area contributed by atoms with E-state index in [4.69, 9.17) is 5.10 Å². The van der Waals surface area contributed by atoms with Crippen molar-refractivity contribution in [3.05, 3.63) is 17.0 Å². The van der Waals surface area contributed by atoms with E-state index in [2.05, 4.69) is 25.5 Å². The predicted molar refractivity (Wildman–Crippen MR) is 76.2 cm³/mol. The quantitative estimate of drug-likeness (QED) is 0.841. The molecule has 0 radical (unpaired) electrons. The summed E-state index contributed by atoms with van der Waals surface area (Å²) in [5.74, 6) is 0. The molecular weight excluding hydrogens is 236 g/mol. The molecule has 2 fully saturated rings. The highest BCUT2D eigenvalue weighted by atomic mass is 16.3. The van der Waals surface area contributed by atoms with Crippen LogP contribution in [0.5, 0.6) is 0 Å². The molecule has 0 aliphatic heterocycles. The van der Waals surface area contributed by atoms with Crippen molar-refractivity contribution in [3.8, 4) is 0 Å². The Morgan fingerprint density at radius 3 is 2.42 bits per heavy atom. The molecular formula is C16H26N2O. The number of hydrogen-bond acceptors (Lipinski definition) is 2. The van der Waals surface area contributed by atoms with Crippen molar-refractivity contribution in [1.82, 2.24) is 9.78 Å². The first-order valence-electron chi connectivity index (χ1n) is 7.74. The minimum absolute atomic E-state index is 0.138. The normalized spacial score (nSPS) is 30.1. The molecule has 2 aliphatic rings. The van der Waals surface area contributed by atoms with Crippen LogP contribution in [0.15, 0.2) is 0 Å². The Labute approximate surface area is 116 Å². The molecule has 0 bridgehead atoms. The fourth-order valence-electron chi connectivity index (χ4n) is 4.32. The van der Waals surface area contributed by atoms with Crippen molar-refractivity contribution in [2.24, 2.45) is 5.41 Å². The number of hydrogen-bond donors (Lipinski definition) is 1. The summed E-state index contributed by atoms with van der Waals surface area (Å²) in [4.78, 5) is 0. The molecule has 19 heavy (non-hydrogen) atoms. The Morgan fingerprint density at radius 2 is 1.84 bits per heavy atom. The molecule has 3 nitrogen and oxygen atoms in total. The molecule has 2 atom stereocenters. The summed E-state index contributed by atoms with van der Waals surface area (Å²) in [6.07, 6.45) is 8.26. The maximum absolute atomic E-state index is 10.1. The third-order valence-electron chi connectivity index (χ3n) is 5.76. The lowest BCUT2D eigenvalue weighted by atomic mass is 9.68. The SMILES string of the molecule is Cc1nn(C2CC(O)CCC23CCCC3)c(C)c1C. The molecule has 0 saturated heterocycles. The van der Waals surface area contributed by atoms with Crippen molar-refractivity contribution >= 4 is 0 Å². The Hall–Kier alpha value is -0.830. The van der Waals surface area contributed by atoms with Crippen LogP contribution in [0.2, 0.25) is 0 Å². The minimum Gasteiger partial charge on any atom is -0.393 e. The standard InChI is InChI=1S/C16H26N2O/c1-11-12(2)17-18(13(11)3)15-10-14(19)6-9-16(15)7-4-5-8-16/h14-15,19H,4-10H2,1-3H3. The lowest BCUT2D eigenvalue weighted by Gasteiger charge is -2.43.